The van der Waals surface area contributed by atoms with Crippen molar-refractivity contribution in [1.29, 1.82) is 0 Å². The van der Waals surface area contributed by atoms with Crippen LogP contribution in [0.25, 0.3) is 0 Å². The lowest BCUT2D eigenvalue weighted by molar-refractivity contribution is -0.122. The number of hydrogen-bond acceptors (Lipinski definition) is 4. The second-order valence-corrected chi connectivity index (χ2v) is 6.50. The first-order chi connectivity index (χ1) is 12.6. The van der Waals surface area contributed by atoms with Crippen molar-refractivity contribution in [2.75, 3.05) is 0 Å². The zero-order valence-electron chi connectivity index (χ0n) is 14.3. The molecule has 1 amide bonds. The van der Waals surface area contributed by atoms with Crippen molar-refractivity contribution in [1.82, 2.24) is 16.3 Å². The minimum absolute atomic E-state index is 0.0432. The molecule has 2 aromatic carbocycles. The van der Waals surface area contributed by atoms with Crippen LogP contribution < -0.4 is 16.3 Å². The molecule has 1 saturated heterocycles. The minimum Gasteiger partial charge on any atom is -0.271 e. The van der Waals surface area contributed by atoms with Gasteiger partial charge in [-0.1, -0.05) is 48.9 Å². The summed E-state index contributed by atoms with van der Waals surface area (Å²) < 4.78 is 13.7. The predicted octanol–water partition coefficient (Wildman–Crippen LogP) is 3.10. The molecule has 1 heterocycles. The molecule has 26 heavy (non-hydrogen) atoms. The summed E-state index contributed by atoms with van der Waals surface area (Å²) in [5.74, 6) is -0.791. The third-order valence-electron chi connectivity index (χ3n) is 4.38. The van der Waals surface area contributed by atoms with Crippen molar-refractivity contribution >= 4 is 23.7 Å². The summed E-state index contributed by atoms with van der Waals surface area (Å²) in [6.07, 6.45) is 2.79. The van der Waals surface area contributed by atoms with E-state index < -0.39 is 11.9 Å². The molecule has 0 spiro atoms. The molecule has 2 unspecified atom stereocenters. The number of rotatable bonds is 5. The van der Waals surface area contributed by atoms with E-state index in [1.54, 1.807) is 6.07 Å². The number of halogens is 2. The van der Waals surface area contributed by atoms with E-state index in [4.69, 9.17) is 11.6 Å². The SMILES string of the molecule is CCc1ccc(C2CC(C(=O)N/N=C/c3c(F)cccc3Cl)NN2)cc1. The lowest BCUT2D eigenvalue weighted by Gasteiger charge is -2.10. The summed E-state index contributed by atoms with van der Waals surface area (Å²) in [6, 6.07) is 12.3. The van der Waals surface area contributed by atoms with Crippen LogP contribution in [0.15, 0.2) is 47.6 Å². The Kier molecular flexibility index (Phi) is 5.98. The van der Waals surface area contributed by atoms with Gasteiger partial charge in [0.15, 0.2) is 0 Å². The summed E-state index contributed by atoms with van der Waals surface area (Å²) >= 11 is 5.91. The molecule has 136 valence electrons. The minimum atomic E-state index is -0.494. The van der Waals surface area contributed by atoms with E-state index in [1.165, 1.54) is 23.9 Å². The molecule has 0 aliphatic carbocycles. The van der Waals surface area contributed by atoms with Crippen LogP contribution in [-0.2, 0) is 11.2 Å². The fraction of sp³-hybridized carbons (Fsp3) is 0.263. The van der Waals surface area contributed by atoms with Gasteiger partial charge in [0.2, 0.25) is 0 Å². The van der Waals surface area contributed by atoms with Gasteiger partial charge in [-0.2, -0.15) is 5.10 Å². The number of amides is 1. The van der Waals surface area contributed by atoms with Crippen molar-refractivity contribution in [2.24, 2.45) is 5.10 Å². The quantitative estimate of drug-likeness (QED) is 0.556. The molecule has 2 atom stereocenters. The highest BCUT2D eigenvalue weighted by Gasteiger charge is 2.29. The highest BCUT2D eigenvalue weighted by atomic mass is 35.5. The van der Waals surface area contributed by atoms with Crippen molar-refractivity contribution in [3.05, 3.63) is 70.0 Å². The summed E-state index contributed by atoms with van der Waals surface area (Å²) in [5.41, 5.74) is 11.0. The van der Waals surface area contributed by atoms with Gasteiger partial charge in [0.1, 0.15) is 11.9 Å². The van der Waals surface area contributed by atoms with Crippen LogP contribution in [0.1, 0.15) is 36.1 Å². The first-order valence-electron chi connectivity index (χ1n) is 8.45. The van der Waals surface area contributed by atoms with Crippen LogP contribution in [0.3, 0.4) is 0 Å². The molecular weight excluding hydrogens is 355 g/mol. The van der Waals surface area contributed by atoms with Crippen LogP contribution in [-0.4, -0.2) is 18.2 Å². The molecule has 0 radical (unpaired) electrons. The van der Waals surface area contributed by atoms with Crippen molar-refractivity contribution in [3.8, 4) is 0 Å². The van der Waals surface area contributed by atoms with Gasteiger partial charge < -0.3 is 0 Å². The second-order valence-electron chi connectivity index (χ2n) is 6.09. The number of carbonyl (C=O) groups is 1. The van der Waals surface area contributed by atoms with Crippen molar-refractivity contribution < 1.29 is 9.18 Å². The Hall–Kier alpha value is -2.28. The summed E-state index contributed by atoms with van der Waals surface area (Å²) in [4.78, 5) is 12.2. The summed E-state index contributed by atoms with van der Waals surface area (Å²) in [7, 11) is 0. The number of nitrogens with one attached hydrogen (secondary N) is 3. The predicted molar refractivity (Wildman–Crippen MR) is 100 cm³/mol. The molecule has 3 N–H and O–H groups in total. The Morgan fingerprint density at radius 3 is 2.77 bits per heavy atom. The maximum Gasteiger partial charge on any atom is 0.258 e. The standard InChI is InChI=1S/C19H20ClFN4O/c1-2-12-6-8-13(9-7-12)17-10-18(24-23-17)19(26)25-22-11-14-15(20)4-3-5-16(14)21/h3-9,11,17-18,23-24H,2,10H2,1H3,(H,25,26)/b22-11+. The van der Waals surface area contributed by atoms with Crippen LogP contribution in [0.4, 0.5) is 4.39 Å². The lowest BCUT2D eigenvalue weighted by Crippen LogP contribution is -2.41. The molecule has 7 heteroatoms. The molecule has 1 fully saturated rings. The Morgan fingerprint density at radius 1 is 1.31 bits per heavy atom. The van der Waals surface area contributed by atoms with E-state index in [1.807, 2.05) is 0 Å². The van der Waals surface area contributed by atoms with Gasteiger partial charge in [0.25, 0.3) is 5.91 Å². The fourth-order valence-electron chi connectivity index (χ4n) is 2.80. The van der Waals surface area contributed by atoms with E-state index in [0.717, 1.165) is 12.0 Å². The van der Waals surface area contributed by atoms with Gasteiger partial charge >= 0.3 is 0 Å². The highest BCUT2D eigenvalue weighted by Crippen LogP contribution is 2.23. The van der Waals surface area contributed by atoms with Gasteiger partial charge in [-0.15, -0.1) is 0 Å². The normalized spacial score (nSPS) is 19.8. The van der Waals surface area contributed by atoms with Gasteiger partial charge in [-0.05, 0) is 36.1 Å². The van der Waals surface area contributed by atoms with Gasteiger partial charge in [0.05, 0.1) is 11.2 Å². The van der Waals surface area contributed by atoms with Gasteiger partial charge in [-0.25, -0.2) is 20.7 Å². The monoisotopic (exact) mass is 374 g/mol. The molecule has 1 aliphatic heterocycles. The first-order valence-corrected chi connectivity index (χ1v) is 8.83. The maximum atomic E-state index is 13.7. The third-order valence-corrected chi connectivity index (χ3v) is 4.71. The molecule has 0 saturated carbocycles. The number of hydrogen-bond donors (Lipinski definition) is 3. The zero-order chi connectivity index (χ0) is 18.5. The van der Waals surface area contributed by atoms with E-state index in [0.29, 0.717) is 6.42 Å². The number of carbonyl (C=O) groups excluding carboxylic acids is 1. The average molecular weight is 375 g/mol. The van der Waals surface area contributed by atoms with Crippen LogP contribution in [0.2, 0.25) is 5.02 Å². The van der Waals surface area contributed by atoms with Gasteiger partial charge in [-0.3, -0.25) is 4.79 Å². The molecule has 0 aromatic heterocycles. The second kappa shape index (κ2) is 8.40. The van der Waals surface area contributed by atoms with Crippen LogP contribution in [0, 0.1) is 5.82 Å². The average Bonchev–Trinajstić information content (AvgIpc) is 3.14. The fourth-order valence-corrected chi connectivity index (χ4v) is 3.02. The Morgan fingerprint density at radius 2 is 2.08 bits per heavy atom. The van der Waals surface area contributed by atoms with Gasteiger partial charge in [0, 0.05) is 11.6 Å². The number of hydrazine groups is 1. The van der Waals surface area contributed by atoms with Crippen molar-refractivity contribution in [3.63, 3.8) is 0 Å². The summed E-state index contributed by atoms with van der Waals surface area (Å²) in [6.45, 7) is 2.11. The smallest absolute Gasteiger partial charge is 0.258 e. The van der Waals surface area contributed by atoms with E-state index in [2.05, 4.69) is 52.6 Å². The molecule has 1 aliphatic rings. The maximum absolute atomic E-state index is 13.7. The van der Waals surface area contributed by atoms with E-state index in [9.17, 15) is 9.18 Å². The largest absolute Gasteiger partial charge is 0.271 e. The van der Waals surface area contributed by atoms with Crippen LogP contribution >= 0.6 is 11.6 Å². The third kappa shape index (κ3) is 4.27. The Balaban J connectivity index is 1.56. The van der Waals surface area contributed by atoms with E-state index >= 15 is 0 Å². The van der Waals surface area contributed by atoms with Crippen molar-refractivity contribution in [2.45, 2.75) is 31.8 Å². The number of aryl methyl sites for hydroxylation is 1. The Labute approximate surface area is 156 Å². The van der Waals surface area contributed by atoms with Crippen LogP contribution in [0.5, 0.6) is 0 Å². The molecular formula is C19H20ClFN4O. The first kappa shape index (κ1) is 18.5. The van der Waals surface area contributed by atoms with E-state index in [-0.39, 0.29) is 22.5 Å². The molecule has 5 nitrogen and oxygen atoms in total. The molecule has 0 bridgehead atoms. The summed E-state index contributed by atoms with van der Waals surface area (Å²) in [5, 5.41) is 4.05. The topological polar surface area (TPSA) is 65.5 Å². The highest BCUT2D eigenvalue weighted by molar-refractivity contribution is 6.33. The lowest BCUT2D eigenvalue weighted by atomic mass is 10.00. The zero-order valence-corrected chi connectivity index (χ0v) is 15.1. The number of benzene rings is 2. The number of hydrazone groups is 1. The Bertz CT molecular complexity index is 789. The number of nitrogens with zero attached hydrogens (tertiary/aromatic N) is 1. The molecule has 3 rings (SSSR count). The molecule has 2 aromatic rings.